The number of piperidine rings is 1. The number of hydrogen-bond acceptors (Lipinski definition) is 8. The zero-order valence-electron chi connectivity index (χ0n) is 23.5. The molecule has 2 bridgehead atoms. The molecule has 3 aliphatic heterocycles. The minimum Gasteiger partial charge on any atom is -0.354 e. The number of carbonyl (C=O) groups excluding carboxylic acids is 2. The summed E-state index contributed by atoms with van der Waals surface area (Å²) in [5.74, 6) is 0.580. The van der Waals surface area contributed by atoms with Crippen LogP contribution in [0.15, 0.2) is 48.9 Å². The van der Waals surface area contributed by atoms with Crippen LogP contribution in [0.2, 0.25) is 0 Å². The zero-order valence-corrected chi connectivity index (χ0v) is 23.5. The quantitative estimate of drug-likeness (QED) is 0.487. The van der Waals surface area contributed by atoms with Gasteiger partial charge in [-0.05, 0) is 50.8 Å². The van der Waals surface area contributed by atoms with Gasteiger partial charge in [0, 0.05) is 69.7 Å². The molecule has 2 fully saturated rings. The van der Waals surface area contributed by atoms with Crippen molar-refractivity contribution in [3.8, 4) is 0 Å². The van der Waals surface area contributed by atoms with Gasteiger partial charge in [0.15, 0.2) is 0 Å². The van der Waals surface area contributed by atoms with Crippen molar-refractivity contribution < 1.29 is 9.59 Å². The Balaban J connectivity index is 1.17. The third-order valence-electron chi connectivity index (χ3n) is 8.65. The third kappa shape index (κ3) is 6.56. The van der Waals surface area contributed by atoms with E-state index in [-0.39, 0.29) is 11.8 Å². The number of benzene rings is 1. The Morgan fingerprint density at radius 1 is 0.902 bits per heavy atom. The van der Waals surface area contributed by atoms with Crippen molar-refractivity contribution in [3.63, 3.8) is 0 Å². The summed E-state index contributed by atoms with van der Waals surface area (Å²) in [4.78, 5) is 41.2. The van der Waals surface area contributed by atoms with Gasteiger partial charge in [-0.2, -0.15) is 0 Å². The maximum atomic E-state index is 14.1. The van der Waals surface area contributed by atoms with E-state index in [1.54, 1.807) is 0 Å². The molecule has 0 aliphatic carbocycles. The molecule has 11 heteroatoms. The molecular weight excluding hydrogens is 518 g/mol. The lowest BCUT2D eigenvalue weighted by Crippen LogP contribution is -2.56. The zero-order chi connectivity index (χ0) is 28.1. The average Bonchev–Trinajstić information content (AvgIpc) is 3.69. The predicted molar refractivity (Wildman–Crippen MR) is 154 cm³/mol. The molecule has 0 radical (unpaired) electrons. The van der Waals surface area contributed by atoms with Crippen molar-refractivity contribution in [1.82, 2.24) is 40.5 Å². The van der Waals surface area contributed by atoms with Crippen LogP contribution in [0.1, 0.15) is 48.9 Å². The molecule has 2 aromatic heterocycles. The van der Waals surface area contributed by atoms with Crippen LogP contribution in [0.25, 0.3) is 0 Å². The van der Waals surface area contributed by atoms with Gasteiger partial charge in [0.1, 0.15) is 6.04 Å². The molecule has 2 amide bonds. The number of anilines is 1. The van der Waals surface area contributed by atoms with E-state index in [0.29, 0.717) is 38.8 Å². The first kappa shape index (κ1) is 27.3. The second-order valence-corrected chi connectivity index (χ2v) is 11.7. The summed E-state index contributed by atoms with van der Waals surface area (Å²) in [5, 5.41) is 14.9. The normalized spacial score (nSPS) is 22.0. The molecule has 1 aromatic carbocycles. The highest BCUT2D eigenvalue weighted by Gasteiger charge is 2.43. The number of aromatic nitrogens is 5. The fourth-order valence-corrected chi connectivity index (χ4v) is 6.21. The van der Waals surface area contributed by atoms with Gasteiger partial charge in [0.25, 0.3) is 0 Å². The van der Waals surface area contributed by atoms with Gasteiger partial charge >= 0.3 is 0 Å². The van der Waals surface area contributed by atoms with Crippen LogP contribution < -0.4 is 15.5 Å². The number of fused-ring (bicyclic) bond motifs is 2. The van der Waals surface area contributed by atoms with Gasteiger partial charge in [-0.15, -0.1) is 5.10 Å². The first-order valence-corrected chi connectivity index (χ1v) is 14.9. The summed E-state index contributed by atoms with van der Waals surface area (Å²) in [7, 11) is 0. The van der Waals surface area contributed by atoms with Gasteiger partial charge in [0.2, 0.25) is 17.8 Å². The summed E-state index contributed by atoms with van der Waals surface area (Å²) in [6.45, 7) is 5.48. The minimum absolute atomic E-state index is 0.0830. The summed E-state index contributed by atoms with van der Waals surface area (Å²) in [5.41, 5.74) is 2.24. The Kier molecular flexibility index (Phi) is 8.22. The van der Waals surface area contributed by atoms with Crippen molar-refractivity contribution in [2.45, 2.75) is 64.1 Å². The highest BCUT2D eigenvalue weighted by molar-refractivity contribution is 5.90. The maximum Gasteiger partial charge on any atom is 0.242 e. The first-order chi connectivity index (χ1) is 20.1. The molecule has 41 heavy (non-hydrogen) atoms. The number of likely N-dealkylation sites (tertiary alicyclic amines) is 1. The number of aryl methyl sites for hydroxylation is 1. The lowest BCUT2D eigenvalue weighted by molar-refractivity contribution is -0.137. The average molecular weight is 558 g/mol. The summed E-state index contributed by atoms with van der Waals surface area (Å²) < 4.78 is 1.81. The van der Waals surface area contributed by atoms with E-state index in [4.69, 9.17) is 0 Å². The Morgan fingerprint density at radius 2 is 1.66 bits per heavy atom. The van der Waals surface area contributed by atoms with E-state index in [2.05, 4.69) is 40.7 Å². The van der Waals surface area contributed by atoms with Crippen LogP contribution in [0.4, 0.5) is 5.95 Å². The van der Waals surface area contributed by atoms with E-state index < -0.39 is 11.5 Å². The standard InChI is InChI=1S/C30H39N9O2/c40-27-26(17-23-7-2-1-3-8-23)34-28(41)30(18-25-22-39(36-35-25)14-6-11-31-27)9-15-37(16-10-30)21-24-19-32-29(33-20-24)38-12-4-5-13-38/h1-3,7-8,19-20,22,26H,4-6,9-18,21H2,(H,31,40)(H,34,41)/t26-/m0/s1. The summed E-state index contributed by atoms with van der Waals surface area (Å²) in [6, 6.07) is 9.22. The smallest absolute Gasteiger partial charge is 0.242 e. The van der Waals surface area contributed by atoms with Crippen LogP contribution >= 0.6 is 0 Å². The lowest BCUT2D eigenvalue weighted by Gasteiger charge is -2.41. The summed E-state index contributed by atoms with van der Waals surface area (Å²) in [6.07, 6.45) is 11.2. The largest absolute Gasteiger partial charge is 0.354 e. The Bertz CT molecular complexity index is 1310. The van der Waals surface area contributed by atoms with E-state index in [9.17, 15) is 9.59 Å². The van der Waals surface area contributed by atoms with E-state index in [0.717, 1.165) is 61.9 Å². The number of carbonyl (C=O) groups is 2. The van der Waals surface area contributed by atoms with E-state index >= 15 is 0 Å². The highest BCUT2D eigenvalue weighted by Crippen LogP contribution is 2.36. The molecular formula is C30H39N9O2. The fraction of sp³-hybridized carbons (Fsp3) is 0.533. The minimum atomic E-state index is -0.670. The Morgan fingerprint density at radius 3 is 2.41 bits per heavy atom. The highest BCUT2D eigenvalue weighted by atomic mass is 16.2. The summed E-state index contributed by atoms with van der Waals surface area (Å²) >= 11 is 0. The maximum absolute atomic E-state index is 14.1. The van der Waals surface area contributed by atoms with E-state index in [1.807, 2.05) is 53.6 Å². The molecule has 2 N–H and O–H groups in total. The number of hydrogen-bond donors (Lipinski definition) is 2. The number of nitrogens with zero attached hydrogens (tertiary/aromatic N) is 7. The second-order valence-electron chi connectivity index (χ2n) is 11.7. The first-order valence-electron chi connectivity index (χ1n) is 14.9. The molecule has 3 aliphatic rings. The van der Waals surface area contributed by atoms with Crippen molar-refractivity contribution >= 4 is 17.8 Å². The van der Waals surface area contributed by atoms with Crippen LogP contribution in [-0.2, 0) is 35.5 Å². The lowest BCUT2D eigenvalue weighted by atomic mass is 9.73. The molecule has 216 valence electrons. The molecule has 5 heterocycles. The molecule has 0 unspecified atom stereocenters. The number of nitrogens with one attached hydrogen (secondary N) is 2. The Hall–Kier alpha value is -3.86. The van der Waals surface area contributed by atoms with Crippen LogP contribution in [0.3, 0.4) is 0 Å². The predicted octanol–water partition coefficient (Wildman–Crippen LogP) is 1.74. The second kappa shape index (κ2) is 12.3. The topological polar surface area (TPSA) is 121 Å². The molecule has 6 rings (SSSR count). The van der Waals surface area contributed by atoms with Gasteiger partial charge in [-0.3, -0.25) is 19.2 Å². The fourth-order valence-electron chi connectivity index (χ4n) is 6.21. The molecule has 1 spiro atoms. The number of amides is 2. The van der Waals surface area contributed by atoms with Gasteiger partial charge in [-0.25, -0.2) is 9.97 Å². The van der Waals surface area contributed by atoms with Crippen molar-refractivity contribution in [3.05, 3.63) is 65.7 Å². The van der Waals surface area contributed by atoms with Crippen molar-refractivity contribution in [2.24, 2.45) is 5.41 Å². The van der Waals surface area contributed by atoms with Gasteiger partial charge in [0.05, 0.1) is 11.1 Å². The van der Waals surface area contributed by atoms with Crippen LogP contribution in [-0.4, -0.2) is 80.4 Å². The number of rotatable bonds is 5. The van der Waals surface area contributed by atoms with Crippen LogP contribution in [0, 0.1) is 5.41 Å². The van der Waals surface area contributed by atoms with Gasteiger partial charge < -0.3 is 15.5 Å². The van der Waals surface area contributed by atoms with Gasteiger partial charge in [-0.1, -0.05) is 35.5 Å². The molecule has 11 nitrogen and oxygen atoms in total. The Labute approximate surface area is 240 Å². The monoisotopic (exact) mass is 557 g/mol. The third-order valence-corrected chi connectivity index (χ3v) is 8.65. The molecule has 3 aromatic rings. The molecule has 2 saturated heterocycles. The molecule has 0 saturated carbocycles. The van der Waals surface area contributed by atoms with Crippen molar-refractivity contribution in [1.29, 1.82) is 0 Å². The molecule has 1 atom stereocenters. The van der Waals surface area contributed by atoms with E-state index in [1.165, 1.54) is 12.8 Å². The van der Waals surface area contributed by atoms with Crippen molar-refractivity contribution in [2.75, 3.05) is 37.6 Å². The SMILES string of the molecule is O=C1NCCCn2cc(nn2)CC2(CCN(Cc3cnc(N4CCCC4)nc3)CC2)C(=O)N[C@H]1Cc1ccccc1. The van der Waals surface area contributed by atoms with Crippen LogP contribution in [0.5, 0.6) is 0 Å².